The van der Waals surface area contributed by atoms with Crippen LogP contribution in [0.15, 0.2) is 71.8 Å². The van der Waals surface area contributed by atoms with Gasteiger partial charge in [-0.05, 0) is 67.6 Å². The van der Waals surface area contributed by atoms with Crippen molar-refractivity contribution in [1.29, 1.82) is 0 Å². The van der Waals surface area contributed by atoms with Gasteiger partial charge in [-0.1, -0.05) is 67.4 Å². The first-order valence-corrected chi connectivity index (χ1v) is 14.9. The topological polar surface area (TPSA) is 84.7 Å². The first-order chi connectivity index (χ1) is 20.6. The molecule has 0 bridgehead atoms. The van der Waals surface area contributed by atoms with Crippen molar-refractivity contribution in [1.82, 2.24) is 15.3 Å². The summed E-state index contributed by atoms with van der Waals surface area (Å²) < 4.78 is 21.2. The van der Waals surface area contributed by atoms with Gasteiger partial charge in [0.2, 0.25) is 5.91 Å². The van der Waals surface area contributed by atoms with Crippen molar-refractivity contribution in [3.63, 3.8) is 0 Å². The number of nitrogens with zero attached hydrogens (tertiary/aromatic N) is 2. The van der Waals surface area contributed by atoms with Gasteiger partial charge in [-0.2, -0.15) is 5.10 Å². The van der Waals surface area contributed by atoms with Crippen molar-refractivity contribution in [3.8, 4) is 5.75 Å². The second-order valence-corrected chi connectivity index (χ2v) is 11.6. The van der Waals surface area contributed by atoms with Crippen LogP contribution in [-0.2, 0) is 16.1 Å². The second kappa shape index (κ2) is 15.0. The Morgan fingerprint density at radius 2 is 1.81 bits per heavy atom. The van der Waals surface area contributed by atoms with Crippen molar-refractivity contribution >= 4 is 52.1 Å². The van der Waals surface area contributed by atoms with Crippen LogP contribution < -0.4 is 15.5 Å². The van der Waals surface area contributed by atoms with Gasteiger partial charge in [-0.3, -0.25) is 9.59 Å². The fourth-order valence-corrected chi connectivity index (χ4v) is 5.27. The molecule has 0 aliphatic rings. The van der Waals surface area contributed by atoms with Crippen LogP contribution in [-0.4, -0.2) is 35.2 Å². The van der Waals surface area contributed by atoms with Crippen molar-refractivity contribution in [2.45, 2.75) is 52.6 Å². The molecule has 2 N–H and O–H groups in total. The lowest BCUT2D eigenvalue weighted by atomic mass is 10.0. The molecule has 4 aromatic rings. The Hall–Kier alpha value is -3.88. The Labute approximate surface area is 261 Å². The Balaban J connectivity index is 1.37. The third-order valence-corrected chi connectivity index (χ3v) is 7.49. The van der Waals surface area contributed by atoms with Gasteiger partial charge in [0, 0.05) is 40.1 Å². The maximum atomic E-state index is 13.4. The number of hydrogen-bond acceptors (Lipinski definition) is 4. The van der Waals surface area contributed by atoms with E-state index in [2.05, 4.69) is 20.4 Å². The van der Waals surface area contributed by atoms with Crippen LogP contribution in [0.25, 0.3) is 10.9 Å². The Bertz CT molecular complexity index is 1600. The predicted octanol–water partition coefficient (Wildman–Crippen LogP) is 7.28. The molecule has 0 radical (unpaired) electrons. The lowest BCUT2D eigenvalue weighted by molar-refractivity contribution is -0.129. The van der Waals surface area contributed by atoms with Crippen LogP contribution in [0, 0.1) is 18.7 Å². The molecule has 1 atom stereocenters. The number of hydrogen-bond donors (Lipinski definition) is 2. The second-order valence-electron chi connectivity index (χ2n) is 10.7. The minimum Gasteiger partial charge on any atom is -0.492 e. The summed E-state index contributed by atoms with van der Waals surface area (Å²) in [6, 6.07) is 18.6. The highest BCUT2D eigenvalue weighted by molar-refractivity contribution is 6.35. The first-order valence-electron chi connectivity index (χ1n) is 14.1. The maximum Gasteiger partial charge on any atom is 0.262 e. The molecule has 43 heavy (non-hydrogen) atoms. The number of nitrogens with one attached hydrogen (secondary N) is 2. The normalized spacial score (nSPS) is 12.2. The van der Waals surface area contributed by atoms with E-state index in [4.69, 9.17) is 27.9 Å². The summed E-state index contributed by atoms with van der Waals surface area (Å²) >= 11 is 12.0. The average Bonchev–Trinajstić information content (AvgIpc) is 3.23. The molecule has 0 spiro atoms. The lowest BCUT2D eigenvalue weighted by Crippen LogP contribution is -2.46. The number of para-hydroxylation sites is 1. The predicted molar refractivity (Wildman–Crippen MR) is 170 cm³/mol. The molecule has 2 amide bonds. The van der Waals surface area contributed by atoms with E-state index in [-0.39, 0.29) is 30.7 Å². The van der Waals surface area contributed by atoms with Crippen LogP contribution in [0.4, 0.5) is 4.39 Å². The molecule has 0 saturated heterocycles. The number of fused-ring (bicyclic) bond motifs is 1. The summed E-state index contributed by atoms with van der Waals surface area (Å²) in [4.78, 5) is 25.7. The third-order valence-electron chi connectivity index (χ3n) is 6.96. The Morgan fingerprint density at radius 1 is 1.07 bits per heavy atom. The van der Waals surface area contributed by atoms with Gasteiger partial charge in [0.05, 0.1) is 17.8 Å². The van der Waals surface area contributed by atoms with E-state index in [1.165, 1.54) is 12.1 Å². The molecule has 3 aromatic carbocycles. The van der Waals surface area contributed by atoms with Gasteiger partial charge in [-0.25, -0.2) is 9.82 Å². The zero-order valence-electron chi connectivity index (χ0n) is 24.4. The summed E-state index contributed by atoms with van der Waals surface area (Å²) in [6.45, 7) is 6.80. The highest BCUT2D eigenvalue weighted by Gasteiger charge is 2.22. The van der Waals surface area contributed by atoms with Gasteiger partial charge in [0.25, 0.3) is 5.91 Å². The van der Waals surface area contributed by atoms with E-state index in [1.54, 1.807) is 36.5 Å². The van der Waals surface area contributed by atoms with Crippen LogP contribution in [0.5, 0.6) is 5.75 Å². The van der Waals surface area contributed by atoms with Gasteiger partial charge in [0.1, 0.15) is 17.6 Å². The third kappa shape index (κ3) is 8.81. The highest BCUT2D eigenvalue weighted by Crippen LogP contribution is 2.28. The van der Waals surface area contributed by atoms with Crippen molar-refractivity contribution < 1.29 is 18.7 Å². The Morgan fingerprint density at radius 3 is 2.53 bits per heavy atom. The van der Waals surface area contributed by atoms with Crippen LogP contribution in [0.2, 0.25) is 10.0 Å². The van der Waals surface area contributed by atoms with Crippen LogP contribution >= 0.6 is 23.2 Å². The van der Waals surface area contributed by atoms with E-state index < -0.39 is 11.9 Å². The van der Waals surface area contributed by atoms with E-state index in [0.717, 1.165) is 27.7 Å². The van der Waals surface area contributed by atoms with Crippen molar-refractivity contribution in [3.05, 3.63) is 99.4 Å². The number of halogens is 3. The van der Waals surface area contributed by atoms with Crippen molar-refractivity contribution in [2.75, 3.05) is 6.61 Å². The fourth-order valence-electron chi connectivity index (χ4n) is 4.81. The molecule has 7 nitrogen and oxygen atoms in total. The van der Waals surface area contributed by atoms with Crippen molar-refractivity contribution in [2.24, 2.45) is 11.0 Å². The monoisotopic (exact) mass is 624 g/mol. The van der Waals surface area contributed by atoms with E-state index in [1.807, 2.05) is 45.0 Å². The maximum absolute atomic E-state index is 13.4. The minimum atomic E-state index is -0.739. The SMILES string of the molecule is Cc1c(/C=N\NC(=O)[C@@H](CC(C)C)NC(=O)CCCOc2ccc(Cl)cc2Cl)c2ccccc2n1Cc1ccc(F)cc1. The van der Waals surface area contributed by atoms with Gasteiger partial charge in [0.15, 0.2) is 0 Å². The number of hydrazone groups is 1. The summed E-state index contributed by atoms with van der Waals surface area (Å²) in [5.41, 5.74) is 6.40. The van der Waals surface area contributed by atoms with E-state index in [0.29, 0.717) is 35.2 Å². The molecule has 0 aliphatic carbocycles. The zero-order chi connectivity index (χ0) is 30.9. The van der Waals surface area contributed by atoms with Crippen LogP contribution in [0.1, 0.15) is 49.9 Å². The standard InChI is InChI=1S/C33H35Cl2FN4O3/c1-21(2)17-29(38-32(41)9-6-16-43-31-15-12-24(34)18-28(31)35)33(42)39-37-19-27-22(3)40(30-8-5-4-7-26(27)30)20-23-10-13-25(36)14-11-23/h4-5,7-8,10-15,18-19,21,29H,6,9,16-17,20H2,1-3H3,(H,38,41)(H,39,42)/b37-19-/t29-/m1/s1. The largest absolute Gasteiger partial charge is 0.492 e. The molecular formula is C33H35Cl2FN4O3. The number of amides is 2. The Kier molecular flexibility index (Phi) is 11.2. The minimum absolute atomic E-state index is 0.169. The van der Waals surface area contributed by atoms with Gasteiger partial charge < -0.3 is 14.6 Å². The zero-order valence-corrected chi connectivity index (χ0v) is 25.9. The number of carbonyl (C=O) groups is 2. The van der Waals surface area contributed by atoms with Gasteiger partial charge >= 0.3 is 0 Å². The molecule has 226 valence electrons. The molecule has 0 unspecified atom stereocenters. The molecule has 1 aromatic heterocycles. The average molecular weight is 626 g/mol. The molecule has 0 aliphatic heterocycles. The molecule has 4 rings (SSSR count). The summed E-state index contributed by atoms with van der Waals surface area (Å²) in [5, 5.41) is 8.99. The number of ether oxygens (including phenoxy) is 1. The summed E-state index contributed by atoms with van der Waals surface area (Å²) in [7, 11) is 0. The molecule has 10 heteroatoms. The quantitative estimate of drug-likeness (QED) is 0.0931. The number of benzene rings is 3. The molecule has 0 fully saturated rings. The molecule has 0 saturated carbocycles. The van der Waals surface area contributed by atoms with Gasteiger partial charge in [-0.15, -0.1) is 0 Å². The lowest BCUT2D eigenvalue weighted by Gasteiger charge is -2.19. The first kappa shape index (κ1) is 32.0. The van der Waals surface area contributed by atoms with E-state index >= 15 is 0 Å². The van der Waals surface area contributed by atoms with E-state index in [9.17, 15) is 14.0 Å². The number of rotatable bonds is 13. The molecule has 1 heterocycles. The molecular weight excluding hydrogens is 590 g/mol. The number of aromatic nitrogens is 1. The highest BCUT2D eigenvalue weighted by atomic mass is 35.5. The smallest absolute Gasteiger partial charge is 0.262 e. The fraction of sp³-hybridized carbons (Fsp3) is 0.303. The van der Waals surface area contributed by atoms with Crippen LogP contribution in [0.3, 0.4) is 0 Å². The summed E-state index contributed by atoms with van der Waals surface area (Å²) in [5.74, 6) is -0.260. The summed E-state index contributed by atoms with van der Waals surface area (Å²) in [6.07, 6.45) is 2.72. The number of carbonyl (C=O) groups excluding carboxylic acids is 2.